The average Bonchev–Trinajstić information content (AvgIpc) is 2.72. The second-order valence-electron chi connectivity index (χ2n) is 4.04. The molecule has 5 N–H and O–H groups in total. The maximum absolute atomic E-state index is 11.9. The van der Waals surface area contributed by atoms with Gasteiger partial charge in [-0.25, -0.2) is 0 Å². The van der Waals surface area contributed by atoms with Crippen LogP contribution in [-0.2, 0) is 6.54 Å². The van der Waals surface area contributed by atoms with Gasteiger partial charge in [-0.1, -0.05) is 0 Å². The molecule has 18 heavy (non-hydrogen) atoms. The largest absolute Gasteiger partial charge is 0.399 e. The number of aryl methyl sites for hydroxylation is 1. The summed E-state index contributed by atoms with van der Waals surface area (Å²) in [4.78, 5) is 14.3. The van der Waals surface area contributed by atoms with Gasteiger partial charge in [0, 0.05) is 21.1 Å². The van der Waals surface area contributed by atoms with Gasteiger partial charge < -0.3 is 16.8 Å². The number of carbonyl (C=O) groups excluding carboxylic acids is 1. The molecule has 4 nitrogen and oxygen atoms in total. The summed E-state index contributed by atoms with van der Waals surface area (Å²) in [6.07, 6.45) is 0. The van der Waals surface area contributed by atoms with Gasteiger partial charge in [0.2, 0.25) is 0 Å². The molecule has 2 aromatic rings. The van der Waals surface area contributed by atoms with Crippen molar-refractivity contribution in [2.75, 3.05) is 11.5 Å². The molecular formula is C13H15N3OS. The summed E-state index contributed by atoms with van der Waals surface area (Å²) in [7, 11) is 0. The molecule has 0 saturated carbocycles. The normalized spacial score (nSPS) is 10.3. The molecule has 0 spiro atoms. The zero-order chi connectivity index (χ0) is 13.1. The van der Waals surface area contributed by atoms with Crippen LogP contribution in [0.25, 0.3) is 0 Å². The predicted octanol–water partition coefficient (Wildman–Crippen LogP) is 2.15. The van der Waals surface area contributed by atoms with E-state index in [1.807, 2.05) is 19.1 Å². The van der Waals surface area contributed by atoms with Crippen molar-refractivity contribution in [3.8, 4) is 0 Å². The van der Waals surface area contributed by atoms with E-state index in [0.29, 0.717) is 23.5 Å². The molecule has 1 aromatic heterocycles. The Morgan fingerprint density at radius 3 is 2.67 bits per heavy atom. The van der Waals surface area contributed by atoms with E-state index < -0.39 is 0 Å². The number of thiophene rings is 1. The standard InChI is InChI=1S/C13H15N3OS/c1-8-2-4-10(18-8)7-16-13(17)11-5-3-9(14)6-12(11)15/h2-6H,7,14-15H2,1H3,(H,16,17). The van der Waals surface area contributed by atoms with E-state index >= 15 is 0 Å². The molecule has 0 saturated heterocycles. The molecule has 94 valence electrons. The Balaban J connectivity index is 2.03. The van der Waals surface area contributed by atoms with E-state index in [1.54, 1.807) is 29.5 Å². The van der Waals surface area contributed by atoms with Crippen LogP contribution in [0.1, 0.15) is 20.1 Å². The highest BCUT2D eigenvalue weighted by atomic mass is 32.1. The molecule has 0 fully saturated rings. The smallest absolute Gasteiger partial charge is 0.253 e. The van der Waals surface area contributed by atoms with Gasteiger partial charge in [-0.3, -0.25) is 4.79 Å². The zero-order valence-corrected chi connectivity index (χ0v) is 10.9. The van der Waals surface area contributed by atoms with Gasteiger partial charge in [-0.15, -0.1) is 11.3 Å². The molecule has 1 aromatic carbocycles. The highest BCUT2D eigenvalue weighted by molar-refractivity contribution is 7.11. The molecule has 2 rings (SSSR count). The first kappa shape index (κ1) is 12.4. The van der Waals surface area contributed by atoms with Crippen molar-refractivity contribution in [1.29, 1.82) is 0 Å². The van der Waals surface area contributed by atoms with Crippen molar-refractivity contribution in [1.82, 2.24) is 5.32 Å². The summed E-state index contributed by atoms with van der Waals surface area (Å²) in [5.41, 5.74) is 12.8. The number of hydrogen-bond acceptors (Lipinski definition) is 4. The summed E-state index contributed by atoms with van der Waals surface area (Å²) >= 11 is 1.67. The van der Waals surface area contributed by atoms with Crippen molar-refractivity contribution >= 4 is 28.6 Å². The second-order valence-corrected chi connectivity index (χ2v) is 5.41. The van der Waals surface area contributed by atoms with Gasteiger partial charge in [-0.2, -0.15) is 0 Å². The van der Waals surface area contributed by atoms with Crippen molar-refractivity contribution in [3.63, 3.8) is 0 Å². The average molecular weight is 261 g/mol. The van der Waals surface area contributed by atoms with Crippen LogP contribution in [0, 0.1) is 6.92 Å². The number of hydrogen-bond donors (Lipinski definition) is 3. The lowest BCUT2D eigenvalue weighted by Crippen LogP contribution is -2.23. The maximum Gasteiger partial charge on any atom is 0.253 e. The van der Waals surface area contributed by atoms with E-state index in [4.69, 9.17) is 11.5 Å². The SMILES string of the molecule is Cc1ccc(CNC(=O)c2ccc(N)cc2N)s1. The number of nitrogens with one attached hydrogen (secondary N) is 1. The quantitative estimate of drug-likeness (QED) is 0.740. The second kappa shape index (κ2) is 5.10. The molecule has 5 heteroatoms. The number of nitrogen functional groups attached to an aromatic ring is 2. The number of anilines is 2. The minimum Gasteiger partial charge on any atom is -0.399 e. The molecule has 1 amide bonds. The van der Waals surface area contributed by atoms with Crippen molar-refractivity contribution < 1.29 is 4.79 Å². The molecule has 0 bridgehead atoms. The number of carbonyl (C=O) groups is 1. The van der Waals surface area contributed by atoms with Gasteiger partial charge in [0.15, 0.2) is 0 Å². The summed E-state index contributed by atoms with van der Waals surface area (Å²) in [6.45, 7) is 2.55. The van der Waals surface area contributed by atoms with Crippen LogP contribution in [0.3, 0.4) is 0 Å². The van der Waals surface area contributed by atoms with Gasteiger partial charge in [-0.05, 0) is 37.3 Å². The summed E-state index contributed by atoms with van der Waals surface area (Å²) in [6, 6.07) is 8.93. The Bertz CT molecular complexity index is 577. The fraction of sp³-hybridized carbons (Fsp3) is 0.154. The van der Waals surface area contributed by atoms with Crippen molar-refractivity contribution in [2.45, 2.75) is 13.5 Å². The monoisotopic (exact) mass is 261 g/mol. The van der Waals surface area contributed by atoms with Crippen LogP contribution >= 0.6 is 11.3 Å². The first-order valence-corrected chi connectivity index (χ1v) is 6.36. The lowest BCUT2D eigenvalue weighted by molar-refractivity contribution is 0.0952. The highest BCUT2D eigenvalue weighted by Crippen LogP contribution is 2.17. The minimum atomic E-state index is -0.182. The van der Waals surface area contributed by atoms with E-state index in [9.17, 15) is 4.79 Å². The Morgan fingerprint density at radius 2 is 2.06 bits per heavy atom. The van der Waals surface area contributed by atoms with Crippen LogP contribution in [0.15, 0.2) is 30.3 Å². The van der Waals surface area contributed by atoms with E-state index in [2.05, 4.69) is 5.32 Å². The van der Waals surface area contributed by atoms with E-state index in [-0.39, 0.29) is 5.91 Å². The fourth-order valence-electron chi connectivity index (χ4n) is 1.63. The Labute approximate surface area is 110 Å². The number of rotatable bonds is 3. The maximum atomic E-state index is 11.9. The fourth-order valence-corrected chi connectivity index (χ4v) is 2.46. The third kappa shape index (κ3) is 2.81. The topological polar surface area (TPSA) is 81.1 Å². The van der Waals surface area contributed by atoms with E-state index in [1.165, 1.54) is 4.88 Å². The third-order valence-electron chi connectivity index (χ3n) is 2.54. The molecule has 1 heterocycles. The van der Waals surface area contributed by atoms with Gasteiger partial charge in [0.25, 0.3) is 5.91 Å². The number of nitrogens with two attached hydrogens (primary N) is 2. The third-order valence-corrected chi connectivity index (χ3v) is 3.54. The number of amides is 1. The molecule has 0 atom stereocenters. The first-order valence-electron chi connectivity index (χ1n) is 5.55. The van der Waals surface area contributed by atoms with Crippen LogP contribution in [-0.4, -0.2) is 5.91 Å². The van der Waals surface area contributed by atoms with Crippen molar-refractivity contribution in [2.24, 2.45) is 0 Å². The van der Waals surface area contributed by atoms with Gasteiger partial charge in [0.05, 0.1) is 12.1 Å². The van der Waals surface area contributed by atoms with Crippen LogP contribution in [0.5, 0.6) is 0 Å². The van der Waals surface area contributed by atoms with Gasteiger partial charge >= 0.3 is 0 Å². The number of benzene rings is 1. The highest BCUT2D eigenvalue weighted by Gasteiger charge is 2.09. The lowest BCUT2D eigenvalue weighted by atomic mass is 10.1. The minimum absolute atomic E-state index is 0.182. The Hall–Kier alpha value is -2.01. The zero-order valence-electron chi connectivity index (χ0n) is 10.1. The first-order chi connectivity index (χ1) is 8.56. The summed E-state index contributed by atoms with van der Waals surface area (Å²) in [5.74, 6) is -0.182. The predicted molar refractivity (Wildman–Crippen MR) is 75.5 cm³/mol. The molecule has 0 aliphatic carbocycles. The van der Waals surface area contributed by atoms with E-state index in [0.717, 1.165) is 4.88 Å². The summed E-state index contributed by atoms with van der Waals surface area (Å²) < 4.78 is 0. The van der Waals surface area contributed by atoms with Gasteiger partial charge in [0.1, 0.15) is 0 Å². The van der Waals surface area contributed by atoms with Crippen molar-refractivity contribution in [3.05, 3.63) is 45.6 Å². The lowest BCUT2D eigenvalue weighted by Gasteiger charge is -2.07. The molecule has 0 aliphatic heterocycles. The van der Waals surface area contributed by atoms with Crippen LogP contribution in [0.2, 0.25) is 0 Å². The van der Waals surface area contributed by atoms with Crippen LogP contribution < -0.4 is 16.8 Å². The Morgan fingerprint density at radius 1 is 1.28 bits per heavy atom. The van der Waals surface area contributed by atoms with Crippen LogP contribution in [0.4, 0.5) is 11.4 Å². The molecule has 0 radical (unpaired) electrons. The Kier molecular flexibility index (Phi) is 3.53. The molecular weight excluding hydrogens is 246 g/mol. The summed E-state index contributed by atoms with van der Waals surface area (Å²) in [5, 5.41) is 2.84. The molecule has 0 unspecified atom stereocenters. The molecule has 0 aliphatic rings.